The fourth-order valence-corrected chi connectivity index (χ4v) is 2.22. The molecule has 0 saturated carbocycles. The van der Waals surface area contributed by atoms with Crippen molar-refractivity contribution in [3.8, 4) is 0 Å². The number of aryl methyl sites for hydroxylation is 1. The summed E-state index contributed by atoms with van der Waals surface area (Å²) in [5.41, 5.74) is 0.887. The van der Waals surface area contributed by atoms with Gasteiger partial charge in [-0.05, 0) is 19.8 Å². The zero-order chi connectivity index (χ0) is 13.7. The lowest BCUT2D eigenvalue weighted by Crippen LogP contribution is -2.39. The summed E-state index contributed by atoms with van der Waals surface area (Å²) in [6.07, 6.45) is 4.69. The van der Waals surface area contributed by atoms with E-state index in [-0.39, 0.29) is 18.4 Å². The van der Waals surface area contributed by atoms with Gasteiger partial charge in [0.15, 0.2) is 5.82 Å². The van der Waals surface area contributed by atoms with Gasteiger partial charge in [-0.1, -0.05) is 12.8 Å². The molecule has 2 rings (SSSR count). The minimum Gasteiger partial charge on any atom is -0.333 e. The van der Waals surface area contributed by atoms with Crippen molar-refractivity contribution >= 4 is 17.6 Å². The minimum atomic E-state index is -0.194. The molecule has 0 unspecified atom stereocenters. The van der Waals surface area contributed by atoms with E-state index in [0.717, 1.165) is 31.4 Å². The van der Waals surface area contributed by atoms with Gasteiger partial charge in [-0.2, -0.15) is 5.10 Å². The number of hydrogen-bond acceptors (Lipinski definition) is 3. The molecule has 0 radical (unpaired) electrons. The minimum absolute atomic E-state index is 0.0769. The van der Waals surface area contributed by atoms with Crippen LogP contribution >= 0.6 is 0 Å². The number of hydrogen-bond donors (Lipinski definition) is 2. The number of carbonyl (C=O) groups excluding carboxylic acids is 2. The SMILES string of the molecule is Cc1cc(NC(=O)CN2CCCCCCC2=O)n[nH]1. The third-order valence-corrected chi connectivity index (χ3v) is 3.23. The Morgan fingerprint density at radius 1 is 1.42 bits per heavy atom. The molecule has 104 valence electrons. The predicted octanol–water partition coefficient (Wildman–Crippen LogP) is 1.45. The summed E-state index contributed by atoms with van der Waals surface area (Å²) in [4.78, 5) is 25.4. The summed E-state index contributed by atoms with van der Waals surface area (Å²) in [5.74, 6) is 0.385. The van der Waals surface area contributed by atoms with Crippen LogP contribution in [0.15, 0.2) is 6.07 Å². The molecule has 6 heteroatoms. The van der Waals surface area contributed by atoms with E-state index in [0.29, 0.717) is 18.8 Å². The molecule has 1 saturated heterocycles. The molecule has 0 atom stereocenters. The van der Waals surface area contributed by atoms with Crippen LogP contribution in [0.2, 0.25) is 0 Å². The summed E-state index contributed by atoms with van der Waals surface area (Å²) in [6.45, 7) is 2.65. The molecule has 0 spiro atoms. The summed E-state index contributed by atoms with van der Waals surface area (Å²) < 4.78 is 0. The molecule has 0 aromatic carbocycles. The van der Waals surface area contributed by atoms with Gasteiger partial charge in [0.05, 0.1) is 6.54 Å². The Hall–Kier alpha value is -1.85. The molecule has 6 nitrogen and oxygen atoms in total. The molecule has 0 bridgehead atoms. The molecular weight excluding hydrogens is 244 g/mol. The number of aromatic nitrogens is 2. The number of likely N-dealkylation sites (tertiary alicyclic amines) is 1. The Kier molecular flexibility index (Phi) is 4.54. The first-order valence-electron chi connectivity index (χ1n) is 6.75. The normalized spacial score (nSPS) is 16.9. The lowest BCUT2D eigenvalue weighted by atomic mass is 10.1. The second-order valence-corrected chi connectivity index (χ2v) is 4.96. The third kappa shape index (κ3) is 4.08. The average molecular weight is 264 g/mol. The fourth-order valence-electron chi connectivity index (χ4n) is 2.22. The van der Waals surface area contributed by atoms with Crippen LogP contribution < -0.4 is 5.32 Å². The largest absolute Gasteiger partial charge is 0.333 e. The summed E-state index contributed by atoms with van der Waals surface area (Å²) >= 11 is 0. The molecule has 2 N–H and O–H groups in total. The maximum Gasteiger partial charge on any atom is 0.245 e. The van der Waals surface area contributed by atoms with Gasteiger partial charge >= 0.3 is 0 Å². The van der Waals surface area contributed by atoms with Crippen LogP contribution in [0.5, 0.6) is 0 Å². The number of amides is 2. The Morgan fingerprint density at radius 2 is 2.21 bits per heavy atom. The first-order chi connectivity index (χ1) is 9.15. The highest BCUT2D eigenvalue weighted by Gasteiger charge is 2.18. The van der Waals surface area contributed by atoms with Crippen LogP contribution in [0.1, 0.15) is 37.8 Å². The number of rotatable bonds is 3. The van der Waals surface area contributed by atoms with Gasteiger partial charge in [0.25, 0.3) is 0 Å². The van der Waals surface area contributed by atoms with Crippen LogP contribution in [-0.4, -0.2) is 40.0 Å². The van der Waals surface area contributed by atoms with Crippen LogP contribution in [0.3, 0.4) is 0 Å². The van der Waals surface area contributed by atoms with E-state index in [4.69, 9.17) is 0 Å². The van der Waals surface area contributed by atoms with Crippen molar-refractivity contribution in [2.45, 2.75) is 39.0 Å². The molecule has 1 aliphatic rings. The highest BCUT2D eigenvalue weighted by molar-refractivity contribution is 5.93. The Morgan fingerprint density at radius 3 is 2.95 bits per heavy atom. The molecule has 19 heavy (non-hydrogen) atoms. The number of H-pyrrole nitrogens is 1. The molecule has 0 aliphatic carbocycles. The second kappa shape index (κ2) is 6.36. The molecule has 1 fully saturated rings. The monoisotopic (exact) mass is 264 g/mol. The summed E-state index contributed by atoms with van der Waals surface area (Å²) in [7, 11) is 0. The van der Waals surface area contributed by atoms with E-state index in [1.807, 2.05) is 6.92 Å². The van der Waals surface area contributed by atoms with E-state index in [1.165, 1.54) is 0 Å². The zero-order valence-corrected chi connectivity index (χ0v) is 11.2. The zero-order valence-electron chi connectivity index (χ0n) is 11.2. The number of carbonyl (C=O) groups is 2. The van der Waals surface area contributed by atoms with Crippen molar-refractivity contribution in [3.63, 3.8) is 0 Å². The van der Waals surface area contributed by atoms with Gasteiger partial charge in [0.2, 0.25) is 11.8 Å². The number of nitrogens with zero attached hydrogens (tertiary/aromatic N) is 2. The topological polar surface area (TPSA) is 78.1 Å². The molecule has 1 aromatic rings. The Labute approximate surface area is 112 Å². The maximum absolute atomic E-state index is 11.9. The standard InChI is InChI=1S/C13H20N4O2/c1-10-8-11(16-15-10)14-12(18)9-17-7-5-3-2-4-6-13(17)19/h8H,2-7,9H2,1H3,(H2,14,15,16,18). The van der Waals surface area contributed by atoms with Crippen LogP contribution in [0, 0.1) is 6.92 Å². The van der Waals surface area contributed by atoms with E-state index in [2.05, 4.69) is 15.5 Å². The second-order valence-electron chi connectivity index (χ2n) is 4.96. The van der Waals surface area contributed by atoms with Crippen molar-refractivity contribution in [1.82, 2.24) is 15.1 Å². The third-order valence-electron chi connectivity index (χ3n) is 3.23. The van der Waals surface area contributed by atoms with Gasteiger partial charge in [-0.25, -0.2) is 0 Å². The fraction of sp³-hybridized carbons (Fsp3) is 0.615. The first kappa shape index (κ1) is 13.6. The smallest absolute Gasteiger partial charge is 0.245 e. The number of nitrogens with one attached hydrogen (secondary N) is 2. The van der Waals surface area contributed by atoms with Gasteiger partial charge in [0, 0.05) is 24.7 Å². The number of anilines is 1. The van der Waals surface area contributed by atoms with Gasteiger partial charge in [0.1, 0.15) is 0 Å². The molecule has 2 heterocycles. The van der Waals surface area contributed by atoms with Gasteiger partial charge in [-0.3, -0.25) is 14.7 Å². The summed E-state index contributed by atoms with van der Waals surface area (Å²) in [5, 5.41) is 9.39. The molecule has 1 aromatic heterocycles. The van der Waals surface area contributed by atoms with Crippen molar-refractivity contribution in [2.75, 3.05) is 18.4 Å². The molecule has 2 amide bonds. The van der Waals surface area contributed by atoms with Crippen LogP contribution in [0.4, 0.5) is 5.82 Å². The average Bonchev–Trinajstić information content (AvgIpc) is 2.74. The van der Waals surface area contributed by atoms with Crippen molar-refractivity contribution in [2.24, 2.45) is 0 Å². The maximum atomic E-state index is 11.9. The lowest BCUT2D eigenvalue weighted by molar-refractivity contribution is -0.135. The lowest BCUT2D eigenvalue weighted by Gasteiger charge is -2.23. The summed E-state index contributed by atoms with van der Waals surface area (Å²) in [6, 6.07) is 1.76. The van der Waals surface area contributed by atoms with Crippen molar-refractivity contribution in [1.29, 1.82) is 0 Å². The van der Waals surface area contributed by atoms with Crippen molar-refractivity contribution < 1.29 is 9.59 Å². The highest BCUT2D eigenvalue weighted by Crippen LogP contribution is 2.12. The van der Waals surface area contributed by atoms with E-state index in [1.54, 1.807) is 11.0 Å². The first-order valence-corrected chi connectivity index (χ1v) is 6.75. The highest BCUT2D eigenvalue weighted by atomic mass is 16.2. The van der Waals surface area contributed by atoms with Crippen molar-refractivity contribution in [3.05, 3.63) is 11.8 Å². The van der Waals surface area contributed by atoms with Crippen LogP contribution in [0.25, 0.3) is 0 Å². The quantitative estimate of drug-likeness (QED) is 0.867. The predicted molar refractivity (Wildman–Crippen MR) is 71.6 cm³/mol. The van der Waals surface area contributed by atoms with Crippen LogP contribution in [-0.2, 0) is 9.59 Å². The Bertz CT molecular complexity index is 455. The van der Waals surface area contributed by atoms with E-state index >= 15 is 0 Å². The van der Waals surface area contributed by atoms with E-state index in [9.17, 15) is 9.59 Å². The Balaban J connectivity index is 1.87. The van der Waals surface area contributed by atoms with E-state index < -0.39 is 0 Å². The van der Waals surface area contributed by atoms with Gasteiger partial charge < -0.3 is 10.2 Å². The molecule has 1 aliphatic heterocycles. The number of aromatic amines is 1. The molecular formula is C13H20N4O2. The van der Waals surface area contributed by atoms with Gasteiger partial charge in [-0.15, -0.1) is 0 Å².